The van der Waals surface area contributed by atoms with E-state index in [0.29, 0.717) is 5.69 Å². The SMILES string of the molecule is CCOC(=O)c1c(C)nn(C)c1NC(=O)c1c([N+](=O)[O-])c(C)nn1CC. The number of aryl methyl sites for hydroxylation is 4. The Balaban J connectivity index is 2.50. The van der Waals surface area contributed by atoms with Gasteiger partial charge in [0.2, 0.25) is 5.69 Å². The first-order chi connectivity index (χ1) is 12.2. The van der Waals surface area contributed by atoms with E-state index in [1.807, 2.05) is 0 Å². The number of aromatic nitrogens is 4. The number of amides is 1. The highest BCUT2D eigenvalue weighted by Crippen LogP contribution is 2.26. The van der Waals surface area contributed by atoms with Crippen molar-refractivity contribution in [3.8, 4) is 0 Å². The molecule has 26 heavy (non-hydrogen) atoms. The maximum Gasteiger partial charge on any atom is 0.343 e. The van der Waals surface area contributed by atoms with Gasteiger partial charge in [-0.1, -0.05) is 0 Å². The third-order valence-corrected chi connectivity index (χ3v) is 3.73. The van der Waals surface area contributed by atoms with Crippen molar-refractivity contribution in [1.29, 1.82) is 0 Å². The summed E-state index contributed by atoms with van der Waals surface area (Å²) in [7, 11) is 1.54. The molecule has 0 bridgehead atoms. The quantitative estimate of drug-likeness (QED) is 0.467. The number of nitrogens with zero attached hydrogens (tertiary/aromatic N) is 5. The van der Waals surface area contributed by atoms with E-state index in [2.05, 4.69) is 15.5 Å². The van der Waals surface area contributed by atoms with Crippen molar-refractivity contribution in [3.05, 3.63) is 32.8 Å². The molecular formula is C15H20N6O5. The topological polar surface area (TPSA) is 134 Å². The van der Waals surface area contributed by atoms with E-state index in [4.69, 9.17) is 4.74 Å². The molecule has 2 heterocycles. The average molecular weight is 364 g/mol. The molecular weight excluding hydrogens is 344 g/mol. The van der Waals surface area contributed by atoms with Crippen molar-refractivity contribution in [3.63, 3.8) is 0 Å². The van der Waals surface area contributed by atoms with Crippen molar-refractivity contribution < 1.29 is 19.2 Å². The molecule has 0 saturated carbocycles. The van der Waals surface area contributed by atoms with Gasteiger partial charge < -0.3 is 10.1 Å². The van der Waals surface area contributed by atoms with Crippen molar-refractivity contribution in [2.45, 2.75) is 34.2 Å². The largest absolute Gasteiger partial charge is 0.462 e. The lowest BCUT2D eigenvalue weighted by Crippen LogP contribution is -2.22. The van der Waals surface area contributed by atoms with E-state index < -0.39 is 16.8 Å². The first-order valence-electron chi connectivity index (χ1n) is 7.96. The predicted octanol–water partition coefficient (Wildman–Crippen LogP) is 1.59. The van der Waals surface area contributed by atoms with Gasteiger partial charge in [-0.25, -0.2) is 4.79 Å². The Labute approximate surface area is 149 Å². The van der Waals surface area contributed by atoms with Crippen LogP contribution in [0.4, 0.5) is 11.5 Å². The second-order valence-electron chi connectivity index (χ2n) is 5.46. The van der Waals surface area contributed by atoms with Crippen LogP contribution in [-0.2, 0) is 18.3 Å². The van der Waals surface area contributed by atoms with Gasteiger partial charge in [0.15, 0.2) is 0 Å². The molecule has 0 saturated heterocycles. The molecule has 11 heteroatoms. The Hall–Kier alpha value is -3.24. The van der Waals surface area contributed by atoms with E-state index in [1.54, 1.807) is 27.8 Å². The third-order valence-electron chi connectivity index (χ3n) is 3.73. The fourth-order valence-electron chi connectivity index (χ4n) is 2.66. The maximum absolute atomic E-state index is 12.8. The van der Waals surface area contributed by atoms with Gasteiger partial charge in [0.05, 0.1) is 17.2 Å². The molecule has 0 radical (unpaired) electrons. The number of ether oxygens (including phenoxy) is 1. The first-order valence-corrected chi connectivity index (χ1v) is 7.96. The van der Waals surface area contributed by atoms with Gasteiger partial charge in [0.25, 0.3) is 5.91 Å². The Bertz CT molecular complexity index is 882. The zero-order chi connectivity index (χ0) is 19.6. The van der Waals surface area contributed by atoms with Crippen LogP contribution in [0.3, 0.4) is 0 Å². The lowest BCUT2D eigenvalue weighted by molar-refractivity contribution is -0.385. The molecule has 11 nitrogen and oxygen atoms in total. The summed E-state index contributed by atoms with van der Waals surface area (Å²) in [6.45, 7) is 6.86. The van der Waals surface area contributed by atoms with Crippen LogP contribution in [0.1, 0.15) is 46.1 Å². The molecule has 0 aromatic carbocycles. The third kappa shape index (κ3) is 3.27. The van der Waals surface area contributed by atoms with Gasteiger partial charge in [-0.15, -0.1) is 0 Å². The van der Waals surface area contributed by atoms with E-state index >= 15 is 0 Å². The second-order valence-corrected chi connectivity index (χ2v) is 5.46. The number of esters is 1. The van der Waals surface area contributed by atoms with Crippen molar-refractivity contribution >= 4 is 23.4 Å². The number of carbonyl (C=O) groups excluding carboxylic acids is 2. The monoisotopic (exact) mass is 364 g/mol. The zero-order valence-electron chi connectivity index (χ0n) is 15.2. The molecule has 2 aromatic heterocycles. The number of nitrogens with one attached hydrogen (secondary N) is 1. The number of rotatable bonds is 6. The first kappa shape index (κ1) is 19.1. The van der Waals surface area contributed by atoms with Gasteiger partial charge >= 0.3 is 11.7 Å². The summed E-state index contributed by atoms with van der Waals surface area (Å²) in [5.41, 5.74) is 0.0407. The minimum absolute atomic E-state index is 0.0988. The van der Waals surface area contributed by atoms with E-state index in [-0.39, 0.29) is 41.6 Å². The fraction of sp³-hybridized carbons (Fsp3) is 0.467. The molecule has 0 aliphatic rings. The van der Waals surface area contributed by atoms with Gasteiger partial charge in [-0.3, -0.25) is 24.3 Å². The molecule has 0 aliphatic carbocycles. The standard InChI is InChI=1S/C15H20N6O5/c1-6-20-12(11(21(24)25)9(4)18-20)14(22)16-13-10(15(23)26-7-2)8(3)17-19(13)5/h6-7H2,1-5H3,(H,16,22). The average Bonchev–Trinajstić information content (AvgIpc) is 3.04. The Morgan fingerprint density at radius 2 is 1.88 bits per heavy atom. The zero-order valence-corrected chi connectivity index (χ0v) is 15.2. The molecule has 2 aromatic rings. The number of nitro groups is 1. The van der Waals surface area contributed by atoms with Crippen molar-refractivity contribution in [2.24, 2.45) is 7.05 Å². The van der Waals surface area contributed by atoms with E-state index in [1.165, 1.54) is 16.3 Å². The molecule has 0 atom stereocenters. The Morgan fingerprint density at radius 1 is 1.23 bits per heavy atom. The summed E-state index contributed by atoms with van der Waals surface area (Å²) in [4.78, 5) is 35.6. The molecule has 0 aliphatic heterocycles. The van der Waals surface area contributed by atoms with Gasteiger partial charge in [0, 0.05) is 13.6 Å². The van der Waals surface area contributed by atoms with Crippen LogP contribution in [-0.4, -0.2) is 43.0 Å². The summed E-state index contributed by atoms with van der Waals surface area (Å²) in [6, 6.07) is 0. The molecule has 1 amide bonds. The molecule has 0 spiro atoms. The molecule has 1 N–H and O–H groups in total. The predicted molar refractivity (Wildman–Crippen MR) is 91.1 cm³/mol. The van der Waals surface area contributed by atoms with Crippen LogP contribution in [0, 0.1) is 24.0 Å². The number of carbonyl (C=O) groups is 2. The van der Waals surface area contributed by atoms with Crippen LogP contribution in [0.5, 0.6) is 0 Å². The summed E-state index contributed by atoms with van der Waals surface area (Å²) in [5, 5.41) is 22.0. The molecule has 0 fully saturated rings. The number of hydrogen-bond donors (Lipinski definition) is 1. The number of anilines is 1. The maximum atomic E-state index is 12.8. The van der Waals surface area contributed by atoms with Crippen LogP contribution in [0.15, 0.2) is 0 Å². The van der Waals surface area contributed by atoms with E-state index in [0.717, 1.165) is 0 Å². The van der Waals surface area contributed by atoms with Crippen LogP contribution < -0.4 is 5.32 Å². The van der Waals surface area contributed by atoms with Crippen molar-refractivity contribution in [1.82, 2.24) is 19.6 Å². The highest BCUT2D eigenvalue weighted by molar-refractivity contribution is 6.09. The van der Waals surface area contributed by atoms with Gasteiger partial charge in [-0.05, 0) is 27.7 Å². The van der Waals surface area contributed by atoms with Gasteiger partial charge in [-0.2, -0.15) is 10.2 Å². The summed E-state index contributed by atoms with van der Waals surface area (Å²) >= 11 is 0. The van der Waals surface area contributed by atoms with Crippen LogP contribution in [0.2, 0.25) is 0 Å². The highest BCUT2D eigenvalue weighted by Gasteiger charge is 2.32. The van der Waals surface area contributed by atoms with Crippen LogP contribution >= 0.6 is 0 Å². The molecule has 140 valence electrons. The normalized spacial score (nSPS) is 10.7. The molecule has 2 rings (SSSR count). The van der Waals surface area contributed by atoms with Crippen LogP contribution in [0.25, 0.3) is 0 Å². The van der Waals surface area contributed by atoms with E-state index in [9.17, 15) is 19.7 Å². The lowest BCUT2D eigenvalue weighted by Gasteiger charge is -2.09. The lowest BCUT2D eigenvalue weighted by atomic mass is 10.2. The minimum atomic E-state index is -0.757. The minimum Gasteiger partial charge on any atom is -0.462 e. The van der Waals surface area contributed by atoms with Gasteiger partial charge in [0.1, 0.15) is 17.1 Å². The second kappa shape index (κ2) is 7.33. The smallest absolute Gasteiger partial charge is 0.343 e. The molecule has 0 unspecified atom stereocenters. The highest BCUT2D eigenvalue weighted by atomic mass is 16.6. The Kier molecular flexibility index (Phi) is 5.38. The van der Waals surface area contributed by atoms with Crippen molar-refractivity contribution in [2.75, 3.05) is 11.9 Å². The summed E-state index contributed by atoms with van der Waals surface area (Å²) in [6.07, 6.45) is 0. The fourth-order valence-corrected chi connectivity index (χ4v) is 2.66. The summed E-state index contributed by atoms with van der Waals surface area (Å²) in [5.74, 6) is -1.29. The Morgan fingerprint density at radius 3 is 2.42 bits per heavy atom. The summed E-state index contributed by atoms with van der Waals surface area (Å²) < 4.78 is 7.55. The number of hydrogen-bond acceptors (Lipinski definition) is 7.